The minimum Gasteiger partial charge on any atom is -0.476 e. The first-order chi connectivity index (χ1) is 7.68. The van der Waals surface area contributed by atoms with Crippen molar-refractivity contribution in [2.45, 2.75) is 38.6 Å². The molecule has 1 fully saturated rings. The molecule has 1 aliphatic rings. The van der Waals surface area contributed by atoms with Gasteiger partial charge in [0.15, 0.2) is 5.69 Å². The summed E-state index contributed by atoms with van der Waals surface area (Å²) >= 11 is 1.37. The summed E-state index contributed by atoms with van der Waals surface area (Å²) < 4.78 is 0. The highest BCUT2D eigenvalue weighted by Gasteiger charge is 2.23. The predicted molar refractivity (Wildman–Crippen MR) is 64.1 cm³/mol. The largest absolute Gasteiger partial charge is 0.476 e. The van der Waals surface area contributed by atoms with Crippen molar-refractivity contribution >= 4 is 22.3 Å². The second kappa shape index (κ2) is 4.82. The molecule has 0 saturated heterocycles. The fourth-order valence-electron chi connectivity index (χ4n) is 2.20. The molecule has 4 nitrogen and oxygen atoms in total. The topological polar surface area (TPSA) is 62.2 Å². The van der Waals surface area contributed by atoms with Gasteiger partial charge in [-0.15, -0.1) is 11.3 Å². The first-order valence-corrected chi connectivity index (χ1v) is 6.49. The summed E-state index contributed by atoms with van der Waals surface area (Å²) in [7, 11) is 0. The number of rotatable bonds is 3. The lowest BCUT2D eigenvalue weighted by Crippen LogP contribution is -2.30. The smallest absolute Gasteiger partial charge is 0.357 e. The van der Waals surface area contributed by atoms with Gasteiger partial charge in [-0.1, -0.05) is 19.8 Å². The van der Waals surface area contributed by atoms with E-state index in [9.17, 15) is 4.79 Å². The molecular weight excluding hydrogens is 224 g/mol. The number of aromatic carboxylic acids is 1. The Morgan fingerprint density at radius 3 is 3.00 bits per heavy atom. The summed E-state index contributed by atoms with van der Waals surface area (Å²) in [4.78, 5) is 14.8. The van der Waals surface area contributed by atoms with Gasteiger partial charge in [-0.25, -0.2) is 9.78 Å². The van der Waals surface area contributed by atoms with Crippen molar-refractivity contribution in [3.05, 3.63) is 11.2 Å². The fourth-order valence-corrected chi connectivity index (χ4v) is 2.93. The number of anilines is 1. The molecule has 0 radical (unpaired) electrons. The molecule has 2 rings (SSSR count). The van der Waals surface area contributed by atoms with Crippen LogP contribution in [0.15, 0.2) is 5.51 Å². The Balaban J connectivity index is 2.07. The maximum Gasteiger partial charge on any atom is 0.357 e. The van der Waals surface area contributed by atoms with Crippen LogP contribution in [0.3, 0.4) is 0 Å². The fraction of sp³-hybridized carbons (Fsp3) is 0.636. The van der Waals surface area contributed by atoms with Gasteiger partial charge in [0, 0.05) is 6.04 Å². The van der Waals surface area contributed by atoms with Crippen molar-refractivity contribution < 1.29 is 9.90 Å². The summed E-state index contributed by atoms with van der Waals surface area (Å²) in [6.07, 6.45) is 4.86. The third-order valence-corrected chi connectivity index (χ3v) is 3.96. The average Bonchev–Trinajstić information content (AvgIpc) is 2.69. The molecule has 0 aromatic carbocycles. The van der Waals surface area contributed by atoms with Crippen LogP contribution >= 0.6 is 11.3 Å². The molecule has 2 N–H and O–H groups in total. The number of carboxylic acid groups (broad SMARTS) is 1. The molecule has 1 aromatic rings. The van der Waals surface area contributed by atoms with E-state index >= 15 is 0 Å². The molecule has 1 saturated carbocycles. The van der Waals surface area contributed by atoms with E-state index in [-0.39, 0.29) is 5.69 Å². The van der Waals surface area contributed by atoms with Crippen LogP contribution in [0.5, 0.6) is 0 Å². The first-order valence-electron chi connectivity index (χ1n) is 5.62. The Kier molecular flexibility index (Phi) is 3.43. The van der Waals surface area contributed by atoms with Crippen molar-refractivity contribution in [1.82, 2.24) is 4.98 Å². The maximum atomic E-state index is 10.9. The lowest BCUT2D eigenvalue weighted by Gasteiger charge is -2.29. The van der Waals surface area contributed by atoms with E-state index in [1.807, 2.05) is 0 Å². The van der Waals surface area contributed by atoms with Crippen LogP contribution in [-0.2, 0) is 0 Å². The van der Waals surface area contributed by atoms with E-state index in [1.54, 1.807) is 5.51 Å². The molecule has 1 heterocycles. The van der Waals surface area contributed by atoms with E-state index in [0.29, 0.717) is 17.0 Å². The molecule has 1 aliphatic carbocycles. The SMILES string of the molecule is CC1CCCCC1Nc1scnc1C(=O)O. The number of carbonyl (C=O) groups is 1. The van der Waals surface area contributed by atoms with E-state index in [2.05, 4.69) is 17.2 Å². The van der Waals surface area contributed by atoms with Gasteiger partial charge in [-0.05, 0) is 18.8 Å². The Morgan fingerprint density at radius 2 is 2.31 bits per heavy atom. The van der Waals surface area contributed by atoms with Crippen LogP contribution < -0.4 is 5.32 Å². The van der Waals surface area contributed by atoms with Crippen LogP contribution in [-0.4, -0.2) is 22.1 Å². The van der Waals surface area contributed by atoms with E-state index < -0.39 is 5.97 Å². The quantitative estimate of drug-likeness (QED) is 0.852. The zero-order valence-electron chi connectivity index (χ0n) is 9.27. The zero-order valence-corrected chi connectivity index (χ0v) is 10.1. The summed E-state index contributed by atoms with van der Waals surface area (Å²) in [5.74, 6) is -0.343. The molecule has 2 unspecified atom stereocenters. The lowest BCUT2D eigenvalue weighted by molar-refractivity contribution is 0.0692. The van der Waals surface area contributed by atoms with Crippen LogP contribution in [0, 0.1) is 5.92 Å². The van der Waals surface area contributed by atoms with E-state index in [0.717, 1.165) is 6.42 Å². The molecule has 0 bridgehead atoms. The number of nitrogens with one attached hydrogen (secondary N) is 1. The van der Waals surface area contributed by atoms with Crippen molar-refractivity contribution in [2.75, 3.05) is 5.32 Å². The number of hydrogen-bond acceptors (Lipinski definition) is 4. The summed E-state index contributed by atoms with van der Waals surface area (Å²) in [5.41, 5.74) is 1.74. The van der Waals surface area contributed by atoms with Gasteiger partial charge >= 0.3 is 5.97 Å². The summed E-state index contributed by atoms with van der Waals surface area (Å²) in [6.45, 7) is 2.22. The maximum absolute atomic E-state index is 10.9. The third kappa shape index (κ3) is 2.35. The first kappa shape index (κ1) is 11.4. The van der Waals surface area contributed by atoms with E-state index in [1.165, 1.54) is 30.6 Å². The van der Waals surface area contributed by atoms with Gasteiger partial charge in [0.2, 0.25) is 0 Å². The molecule has 1 aromatic heterocycles. The zero-order chi connectivity index (χ0) is 11.5. The minimum absolute atomic E-state index is 0.155. The van der Waals surface area contributed by atoms with Gasteiger partial charge < -0.3 is 10.4 Å². The second-order valence-electron chi connectivity index (χ2n) is 4.35. The van der Waals surface area contributed by atoms with E-state index in [4.69, 9.17) is 5.11 Å². The highest BCUT2D eigenvalue weighted by atomic mass is 32.1. The van der Waals surface area contributed by atoms with Crippen LogP contribution in [0.1, 0.15) is 43.1 Å². The van der Waals surface area contributed by atoms with Crippen molar-refractivity contribution in [1.29, 1.82) is 0 Å². The second-order valence-corrected chi connectivity index (χ2v) is 5.20. The minimum atomic E-state index is -0.952. The Morgan fingerprint density at radius 1 is 1.56 bits per heavy atom. The van der Waals surface area contributed by atoms with Gasteiger partial charge in [-0.2, -0.15) is 0 Å². The number of nitrogens with zero attached hydrogens (tertiary/aromatic N) is 1. The molecule has 0 aliphatic heterocycles. The molecule has 2 atom stereocenters. The highest BCUT2D eigenvalue weighted by Crippen LogP contribution is 2.29. The van der Waals surface area contributed by atoms with Gasteiger partial charge in [0.05, 0.1) is 5.51 Å². The van der Waals surface area contributed by atoms with Crippen LogP contribution in [0.25, 0.3) is 0 Å². The predicted octanol–water partition coefficient (Wildman–Crippen LogP) is 2.83. The molecule has 5 heteroatoms. The number of thiazole rings is 1. The Hall–Kier alpha value is -1.10. The number of hydrogen-bond donors (Lipinski definition) is 2. The highest BCUT2D eigenvalue weighted by molar-refractivity contribution is 7.14. The molecule has 0 amide bonds. The lowest BCUT2D eigenvalue weighted by atomic mass is 9.86. The monoisotopic (exact) mass is 240 g/mol. The van der Waals surface area contributed by atoms with Crippen molar-refractivity contribution in [3.63, 3.8) is 0 Å². The van der Waals surface area contributed by atoms with Gasteiger partial charge in [0.1, 0.15) is 5.00 Å². The normalized spacial score (nSPS) is 25.3. The molecular formula is C11H16N2O2S. The Labute approximate surface area is 98.7 Å². The Bertz CT molecular complexity index is 378. The number of carboxylic acids is 1. The molecule has 16 heavy (non-hydrogen) atoms. The van der Waals surface area contributed by atoms with Gasteiger partial charge in [0.25, 0.3) is 0 Å². The average molecular weight is 240 g/mol. The standard InChI is InChI=1S/C11H16N2O2S/c1-7-4-2-3-5-8(7)13-10-9(11(14)15)12-6-16-10/h6-8,13H,2-5H2,1H3,(H,14,15). The number of aromatic nitrogens is 1. The van der Waals surface area contributed by atoms with Crippen LogP contribution in [0.2, 0.25) is 0 Å². The van der Waals surface area contributed by atoms with Crippen molar-refractivity contribution in [2.24, 2.45) is 5.92 Å². The summed E-state index contributed by atoms with van der Waals surface area (Å²) in [6, 6.07) is 0.396. The molecule has 88 valence electrons. The van der Waals surface area contributed by atoms with Gasteiger partial charge in [-0.3, -0.25) is 0 Å². The summed E-state index contributed by atoms with van der Waals surface area (Å²) in [5, 5.41) is 13.0. The van der Waals surface area contributed by atoms with Crippen molar-refractivity contribution in [3.8, 4) is 0 Å². The molecule has 0 spiro atoms. The third-order valence-electron chi connectivity index (χ3n) is 3.20. The van der Waals surface area contributed by atoms with Crippen LogP contribution in [0.4, 0.5) is 5.00 Å².